The monoisotopic (exact) mass is 411 g/mol. The molecule has 1 aromatic carbocycles. The fourth-order valence-corrected chi connectivity index (χ4v) is 3.98. The summed E-state index contributed by atoms with van der Waals surface area (Å²) in [7, 11) is 0. The van der Waals surface area contributed by atoms with E-state index >= 15 is 0 Å². The lowest BCUT2D eigenvalue weighted by molar-refractivity contribution is 0.0523. The van der Waals surface area contributed by atoms with Crippen LogP contribution in [-0.4, -0.2) is 30.1 Å². The van der Waals surface area contributed by atoms with Gasteiger partial charge < -0.3 is 9.47 Å². The van der Waals surface area contributed by atoms with Crippen LogP contribution < -0.4 is 0 Å². The quantitative estimate of drug-likeness (QED) is 0.572. The van der Waals surface area contributed by atoms with Gasteiger partial charge in [0, 0.05) is 17.4 Å². The summed E-state index contributed by atoms with van der Waals surface area (Å²) in [4.78, 5) is 31.1. The molecule has 2 aliphatic carbocycles. The molecule has 6 heteroatoms. The number of pyridine rings is 1. The molecule has 0 unspecified atom stereocenters. The predicted octanol–water partition coefficient (Wildman–Crippen LogP) is 5.39. The van der Waals surface area contributed by atoms with Crippen molar-refractivity contribution in [2.75, 3.05) is 13.2 Å². The molecule has 0 spiro atoms. The van der Waals surface area contributed by atoms with E-state index in [-0.39, 0.29) is 30.9 Å². The van der Waals surface area contributed by atoms with Crippen molar-refractivity contribution in [2.24, 2.45) is 0 Å². The normalized spacial score (nSPS) is 16.1. The van der Waals surface area contributed by atoms with E-state index in [9.17, 15) is 14.0 Å². The number of ether oxygens (including phenoxy) is 2. The molecule has 0 atom stereocenters. The second-order valence-electron chi connectivity index (χ2n) is 7.86. The molecule has 30 heavy (non-hydrogen) atoms. The average molecular weight is 411 g/mol. The largest absolute Gasteiger partial charge is 0.462 e. The molecular formula is C24H26FNO4. The minimum Gasteiger partial charge on any atom is -0.462 e. The van der Waals surface area contributed by atoms with Crippen LogP contribution in [0.25, 0.3) is 11.1 Å². The van der Waals surface area contributed by atoms with Crippen LogP contribution in [0.2, 0.25) is 0 Å². The molecule has 1 heterocycles. The van der Waals surface area contributed by atoms with E-state index < -0.39 is 11.9 Å². The number of aromatic nitrogens is 1. The Morgan fingerprint density at radius 3 is 1.80 bits per heavy atom. The van der Waals surface area contributed by atoms with Crippen LogP contribution >= 0.6 is 0 Å². The number of carbonyl (C=O) groups excluding carboxylic acids is 2. The highest BCUT2D eigenvalue weighted by Crippen LogP contribution is 2.47. The lowest BCUT2D eigenvalue weighted by Crippen LogP contribution is -2.23. The molecule has 2 aromatic rings. The number of hydrogen-bond acceptors (Lipinski definition) is 5. The minimum absolute atomic E-state index is 0.164. The van der Waals surface area contributed by atoms with Crippen molar-refractivity contribution < 1.29 is 23.5 Å². The molecule has 158 valence electrons. The van der Waals surface area contributed by atoms with Crippen molar-refractivity contribution in [1.82, 2.24) is 4.98 Å². The molecule has 2 saturated carbocycles. The van der Waals surface area contributed by atoms with E-state index in [1.54, 1.807) is 26.0 Å². The van der Waals surface area contributed by atoms with Gasteiger partial charge in [-0.2, -0.15) is 0 Å². The molecule has 1 aromatic heterocycles. The third kappa shape index (κ3) is 3.83. The fraction of sp³-hybridized carbons (Fsp3) is 0.458. The van der Waals surface area contributed by atoms with Crippen LogP contribution in [0.3, 0.4) is 0 Å². The molecule has 0 saturated heterocycles. The summed E-state index contributed by atoms with van der Waals surface area (Å²) < 4.78 is 24.4. The lowest BCUT2D eigenvalue weighted by Gasteiger charge is -2.29. The van der Waals surface area contributed by atoms with Gasteiger partial charge in [0.2, 0.25) is 0 Å². The van der Waals surface area contributed by atoms with Crippen molar-refractivity contribution >= 4 is 11.9 Å². The predicted molar refractivity (Wildman–Crippen MR) is 110 cm³/mol. The van der Waals surface area contributed by atoms with Gasteiger partial charge >= 0.3 is 11.9 Å². The average Bonchev–Trinajstić information content (AvgIpc) is 3.52. The van der Waals surface area contributed by atoms with Gasteiger partial charge in [0.25, 0.3) is 0 Å². The zero-order valence-corrected chi connectivity index (χ0v) is 17.4. The Balaban J connectivity index is 2.04. The van der Waals surface area contributed by atoms with E-state index in [4.69, 9.17) is 14.5 Å². The van der Waals surface area contributed by atoms with Crippen LogP contribution in [0.1, 0.15) is 89.9 Å². The second kappa shape index (κ2) is 8.54. The van der Waals surface area contributed by atoms with E-state index in [0.717, 1.165) is 32.1 Å². The van der Waals surface area contributed by atoms with Crippen molar-refractivity contribution in [3.63, 3.8) is 0 Å². The van der Waals surface area contributed by atoms with Crippen molar-refractivity contribution in [1.29, 1.82) is 0 Å². The molecule has 5 nitrogen and oxygen atoms in total. The highest BCUT2D eigenvalue weighted by atomic mass is 19.1. The van der Waals surface area contributed by atoms with Gasteiger partial charge in [-0.15, -0.1) is 0 Å². The molecule has 4 rings (SSSR count). The van der Waals surface area contributed by atoms with Crippen LogP contribution in [0.5, 0.6) is 0 Å². The molecule has 0 radical (unpaired) electrons. The number of esters is 2. The highest BCUT2D eigenvalue weighted by Gasteiger charge is 2.39. The second-order valence-corrected chi connectivity index (χ2v) is 7.86. The van der Waals surface area contributed by atoms with Crippen LogP contribution in [0.4, 0.5) is 4.39 Å². The third-order valence-electron chi connectivity index (χ3n) is 5.80. The molecule has 2 fully saturated rings. The van der Waals surface area contributed by atoms with Crippen molar-refractivity contribution in [2.45, 2.75) is 57.8 Å². The maximum Gasteiger partial charge on any atom is 0.340 e. The topological polar surface area (TPSA) is 65.5 Å². The Hall–Kier alpha value is -2.76. The number of nitrogens with zero attached hydrogens (tertiary/aromatic N) is 1. The first-order chi connectivity index (χ1) is 14.5. The summed E-state index contributed by atoms with van der Waals surface area (Å²) in [5.74, 6) is -1.04. The van der Waals surface area contributed by atoms with Gasteiger partial charge in [-0.25, -0.2) is 14.0 Å². The standard InChI is InChI=1S/C24H26FNO4/c1-3-29-23(27)19-18(14-10-12-17(25)13-11-14)20(24(28)30-4-2)22(16-8-9-16)26-21(19)15-6-5-7-15/h10-13,15-16H,3-9H2,1-2H3. The molecule has 2 aliphatic rings. The maximum atomic E-state index is 13.7. The van der Waals surface area contributed by atoms with Gasteiger partial charge in [0.1, 0.15) is 5.82 Å². The summed E-state index contributed by atoms with van der Waals surface area (Å²) in [5.41, 5.74) is 3.09. The number of hydrogen-bond donors (Lipinski definition) is 0. The third-order valence-corrected chi connectivity index (χ3v) is 5.80. The van der Waals surface area contributed by atoms with Crippen molar-refractivity contribution in [3.05, 3.63) is 52.6 Å². The Kier molecular flexibility index (Phi) is 5.84. The zero-order chi connectivity index (χ0) is 21.3. The SMILES string of the molecule is CCOC(=O)c1c(C2CCC2)nc(C2CC2)c(C(=O)OCC)c1-c1ccc(F)cc1. The summed E-state index contributed by atoms with van der Waals surface area (Å²) >= 11 is 0. The maximum absolute atomic E-state index is 13.7. The minimum atomic E-state index is -0.503. The smallest absolute Gasteiger partial charge is 0.340 e. The number of halogens is 1. The summed E-state index contributed by atoms with van der Waals surface area (Å²) in [6, 6.07) is 5.85. The lowest BCUT2D eigenvalue weighted by atomic mass is 9.78. The first-order valence-corrected chi connectivity index (χ1v) is 10.7. The summed E-state index contributed by atoms with van der Waals surface area (Å²) in [6.45, 7) is 3.92. The first-order valence-electron chi connectivity index (χ1n) is 10.7. The van der Waals surface area contributed by atoms with Gasteiger partial charge in [-0.3, -0.25) is 4.98 Å². The highest BCUT2D eigenvalue weighted by molar-refractivity contribution is 6.07. The van der Waals surface area contributed by atoms with Gasteiger partial charge in [-0.1, -0.05) is 18.6 Å². The van der Waals surface area contributed by atoms with Crippen LogP contribution in [-0.2, 0) is 9.47 Å². The number of rotatable bonds is 7. The Labute approximate surface area is 175 Å². The molecule has 0 aliphatic heterocycles. The molecule has 0 amide bonds. The van der Waals surface area contributed by atoms with Gasteiger partial charge in [0.05, 0.1) is 35.7 Å². The van der Waals surface area contributed by atoms with Gasteiger partial charge in [-0.05, 0) is 57.2 Å². The Morgan fingerprint density at radius 1 is 0.900 bits per heavy atom. The van der Waals surface area contributed by atoms with Crippen LogP contribution in [0, 0.1) is 5.82 Å². The fourth-order valence-electron chi connectivity index (χ4n) is 3.98. The Bertz CT molecular complexity index is 962. The van der Waals surface area contributed by atoms with Gasteiger partial charge in [0.15, 0.2) is 0 Å². The van der Waals surface area contributed by atoms with Crippen molar-refractivity contribution in [3.8, 4) is 11.1 Å². The summed E-state index contributed by atoms with van der Waals surface area (Å²) in [5, 5.41) is 0. The van der Waals surface area contributed by atoms with E-state index in [0.29, 0.717) is 33.6 Å². The Morgan fingerprint density at radius 2 is 1.40 bits per heavy atom. The molecule has 0 N–H and O–H groups in total. The first kappa shape index (κ1) is 20.5. The zero-order valence-electron chi connectivity index (χ0n) is 17.4. The van der Waals surface area contributed by atoms with Crippen LogP contribution in [0.15, 0.2) is 24.3 Å². The molecular weight excluding hydrogens is 385 g/mol. The van der Waals surface area contributed by atoms with E-state index in [2.05, 4.69) is 0 Å². The van der Waals surface area contributed by atoms with E-state index in [1.165, 1.54) is 12.1 Å². The number of benzene rings is 1. The molecule has 0 bridgehead atoms. The number of carbonyl (C=O) groups is 2. The van der Waals surface area contributed by atoms with E-state index in [1.807, 2.05) is 0 Å². The summed E-state index contributed by atoms with van der Waals surface area (Å²) in [6.07, 6.45) is 4.88.